The van der Waals surface area contributed by atoms with Crippen LogP contribution in [0.4, 0.5) is 0 Å². The maximum Gasteiger partial charge on any atom is 0.219 e. The quantitative estimate of drug-likeness (QED) is 0.756. The molecule has 0 amide bonds. The van der Waals surface area contributed by atoms with Crippen LogP contribution < -0.4 is 4.74 Å². The summed E-state index contributed by atoms with van der Waals surface area (Å²) in [7, 11) is 0. The molecule has 2 rings (SSSR count). The second-order valence-corrected chi connectivity index (χ2v) is 6.29. The highest BCUT2D eigenvalue weighted by molar-refractivity contribution is 6.30. The predicted octanol–water partition coefficient (Wildman–Crippen LogP) is 5.39. The zero-order valence-electron chi connectivity index (χ0n) is 12.4. The number of nitrogens with zero attached hydrogens (tertiary/aromatic N) is 1. The summed E-state index contributed by atoms with van der Waals surface area (Å²) in [5.41, 5.74) is 2.52. The number of aryl methyl sites for hydroxylation is 1. The molecule has 0 fully saturated rings. The van der Waals surface area contributed by atoms with Gasteiger partial charge in [0, 0.05) is 17.8 Å². The Kier molecular flexibility index (Phi) is 4.34. The van der Waals surface area contributed by atoms with E-state index in [-0.39, 0.29) is 5.41 Å². The Balaban J connectivity index is 2.38. The molecule has 0 aliphatic carbocycles. The van der Waals surface area contributed by atoms with Crippen molar-refractivity contribution in [2.24, 2.45) is 0 Å². The van der Waals surface area contributed by atoms with Gasteiger partial charge in [0.05, 0.1) is 5.02 Å². The summed E-state index contributed by atoms with van der Waals surface area (Å²) in [4.78, 5) is 4.19. The van der Waals surface area contributed by atoms with Gasteiger partial charge in [-0.25, -0.2) is 4.98 Å². The van der Waals surface area contributed by atoms with Crippen LogP contribution in [0.15, 0.2) is 36.5 Å². The molecule has 0 unspecified atom stereocenters. The fourth-order valence-corrected chi connectivity index (χ4v) is 2.12. The molecule has 0 aliphatic rings. The van der Waals surface area contributed by atoms with Gasteiger partial charge < -0.3 is 4.74 Å². The number of rotatable bonds is 3. The number of benzene rings is 1. The molecule has 2 nitrogen and oxygen atoms in total. The van der Waals surface area contributed by atoms with Crippen molar-refractivity contribution < 1.29 is 4.74 Å². The van der Waals surface area contributed by atoms with Crippen LogP contribution in [0.1, 0.15) is 38.8 Å². The Morgan fingerprint density at radius 1 is 1.15 bits per heavy atom. The van der Waals surface area contributed by atoms with Gasteiger partial charge in [-0.2, -0.15) is 0 Å². The highest BCUT2D eigenvalue weighted by Crippen LogP contribution is 2.34. The van der Waals surface area contributed by atoms with Gasteiger partial charge in [0.15, 0.2) is 0 Å². The van der Waals surface area contributed by atoms with E-state index in [0.717, 1.165) is 12.2 Å². The predicted molar refractivity (Wildman–Crippen MR) is 83.8 cm³/mol. The molecule has 106 valence electrons. The van der Waals surface area contributed by atoms with Gasteiger partial charge in [0.2, 0.25) is 5.88 Å². The van der Waals surface area contributed by atoms with E-state index in [1.165, 1.54) is 11.1 Å². The number of aromatic nitrogens is 1. The molecule has 1 aromatic heterocycles. The van der Waals surface area contributed by atoms with E-state index in [9.17, 15) is 0 Å². The first kappa shape index (κ1) is 14.9. The molecule has 0 spiro atoms. The molecule has 0 saturated heterocycles. The molecular weight excluding hydrogens is 270 g/mol. The van der Waals surface area contributed by atoms with Crippen LogP contribution in [0.25, 0.3) is 0 Å². The Morgan fingerprint density at radius 3 is 2.45 bits per heavy atom. The van der Waals surface area contributed by atoms with Crippen LogP contribution >= 0.6 is 11.6 Å². The standard InChI is InChI=1S/C17H20ClNO/c1-5-12-6-8-15(14(10-12)17(2,3)4)20-16-9-7-13(18)11-19-16/h6-11H,5H2,1-4H3. The van der Waals surface area contributed by atoms with Gasteiger partial charge in [-0.15, -0.1) is 0 Å². The van der Waals surface area contributed by atoms with Crippen LogP contribution in [0.3, 0.4) is 0 Å². The van der Waals surface area contributed by atoms with Gasteiger partial charge in [-0.1, -0.05) is 51.4 Å². The fourth-order valence-electron chi connectivity index (χ4n) is 2.01. The zero-order chi connectivity index (χ0) is 14.8. The topological polar surface area (TPSA) is 22.1 Å². The number of ether oxygens (including phenoxy) is 1. The number of halogens is 1. The highest BCUT2D eigenvalue weighted by atomic mass is 35.5. The minimum absolute atomic E-state index is 0.0208. The second-order valence-electron chi connectivity index (χ2n) is 5.85. The maximum absolute atomic E-state index is 5.92. The van der Waals surface area contributed by atoms with Crippen LogP contribution in [-0.2, 0) is 11.8 Å². The largest absolute Gasteiger partial charge is 0.439 e. The van der Waals surface area contributed by atoms with Crippen molar-refractivity contribution in [3.63, 3.8) is 0 Å². The molecule has 0 radical (unpaired) electrons. The van der Waals surface area contributed by atoms with Crippen LogP contribution in [0.2, 0.25) is 5.02 Å². The van der Waals surface area contributed by atoms with E-state index in [4.69, 9.17) is 16.3 Å². The Hall–Kier alpha value is -1.54. The summed E-state index contributed by atoms with van der Waals surface area (Å²) >= 11 is 5.84. The zero-order valence-corrected chi connectivity index (χ0v) is 13.2. The van der Waals surface area contributed by atoms with Crippen LogP contribution in [-0.4, -0.2) is 4.98 Å². The van der Waals surface area contributed by atoms with Gasteiger partial charge in [0.1, 0.15) is 5.75 Å². The number of pyridine rings is 1. The van der Waals surface area contributed by atoms with Crippen molar-refractivity contribution in [2.45, 2.75) is 39.5 Å². The molecule has 0 aliphatic heterocycles. The Labute approximate surface area is 125 Å². The number of hydrogen-bond donors (Lipinski definition) is 0. The van der Waals surface area contributed by atoms with E-state index >= 15 is 0 Å². The highest BCUT2D eigenvalue weighted by Gasteiger charge is 2.20. The summed E-state index contributed by atoms with van der Waals surface area (Å²) in [6, 6.07) is 9.89. The second kappa shape index (κ2) is 5.84. The van der Waals surface area contributed by atoms with Gasteiger partial charge in [-0.05, 0) is 29.5 Å². The lowest BCUT2D eigenvalue weighted by molar-refractivity contribution is 0.439. The van der Waals surface area contributed by atoms with Gasteiger partial charge >= 0.3 is 0 Å². The van der Waals surface area contributed by atoms with Gasteiger partial charge in [-0.3, -0.25) is 0 Å². The summed E-state index contributed by atoms with van der Waals surface area (Å²) in [6.07, 6.45) is 2.61. The molecular formula is C17H20ClNO. The molecule has 20 heavy (non-hydrogen) atoms. The van der Waals surface area contributed by atoms with E-state index < -0.39 is 0 Å². The molecule has 3 heteroatoms. The molecule has 2 aromatic rings. The average Bonchev–Trinajstić information content (AvgIpc) is 2.40. The van der Waals surface area contributed by atoms with Crippen molar-refractivity contribution >= 4 is 11.6 Å². The van der Waals surface area contributed by atoms with E-state index in [0.29, 0.717) is 10.9 Å². The van der Waals surface area contributed by atoms with E-state index in [1.807, 2.05) is 6.07 Å². The lowest BCUT2D eigenvalue weighted by Gasteiger charge is -2.23. The SMILES string of the molecule is CCc1ccc(Oc2ccc(Cl)cn2)c(C(C)(C)C)c1. The third-order valence-electron chi connectivity index (χ3n) is 3.18. The normalized spacial score (nSPS) is 11.4. The van der Waals surface area contributed by atoms with Crippen molar-refractivity contribution in [2.75, 3.05) is 0 Å². The Morgan fingerprint density at radius 2 is 1.90 bits per heavy atom. The monoisotopic (exact) mass is 289 g/mol. The van der Waals surface area contributed by atoms with Crippen molar-refractivity contribution in [3.8, 4) is 11.6 Å². The van der Waals surface area contributed by atoms with Crippen molar-refractivity contribution in [1.82, 2.24) is 4.98 Å². The summed E-state index contributed by atoms with van der Waals surface area (Å²) in [5, 5.41) is 0.606. The first-order valence-electron chi connectivity index (χ1n) is 6.83. The van der Waals surface area contributed by atoms with Gasteiger partial charge in [0.25, 0.3) is 0 Å². The first-order chi connectivity index (χ1) is 9.40. The smallest absolute Gasteiger partial charge is 0.219 e. The average molecular weight is 290 g/mol. The summed E-state index contributed by atoms with van der Waals surface area (Å²) in [5.74, 6) is 1.41. The minimum Gasteiger partial charge on any atom is -0.439 e. The van der Waals surface area contributed by atoms with Crippen LogP contribution in [0.5, 0.6) is 11.6 Å². The minimum atomic E-state index is 0.0208. The molecule has 0 N–H and O–H groups in total. The van der Waals surface area contributed by atoms with Crippen molar-refractivity contribution in [3.05, 3.63) is 52.7 Å². The fraction of sp³-hybridized carbons (Fsp3) is 0.353. The molecule has 0 saturated carbocycles. The van der Waals surface area contributed by atoms with Crippen molar-refractivity contribution in [1.29, 1.82) is 0 Å². The summed E-state index contributed by atoms with van der Waals surface area (Å²) < 4.78 is 5.92. The molecule has 0 bridgehead atoms. The summed E-state index contributed by atoms with van der Waals surface area (Å²) in [6.45, 7) is 8.71. The molecule has 1 heterocycles. The third kappa shape index (κ3) is 3.51. The maximum atomic E-state index is 5.92. The molecule has 0 atom stereocenters. The van der Waals surface area contributed by atoms with E-state index in [2.05, 4.69) is 44.8 Å². The first-order valence-corrected chi connectivity index (χ1v) is 7.21. The lowest BCUT2D eigenvalue weighted by atomic mass is 9.85. The molecule has 1 aromatic carbocycles. The lowest BCUT2D eigenvalue weighted by Crippen LogP contribution is -2.13. The Bertz CT molecular complexity index is 585. The van der Waals surface area contributed by atoms with Crippen LogP contribution in [0, 0.1) is 0 Å². The third-order valence-corrected chi connectivity index (χ3v) is 3.40. The number of hydrogen-bond acceptors (Lipinski definition) is 2. The van der Waals surface area contributed by atoms with E-state index in [1.54, 1.807) is 18.3 Å².